The van der Waals surface area contributed by atoms with Crippen LogP contribution < -0.4 is 10.6 Å². The topological polar surface area (TPSA) is 112 Å². The summed E-state index contributed by atoms with van der Waals surface area (Å²) in [4.78, 5) is 36.4. The van der Waals surface area contributed by atoms with Crippen LogP contribution in [0.5, 0.6) is 0 Å². The van der Waals surface area contributed by atoms with Gasteiger partial charge in [0, 0.05) is 50.7 Å². The van der Waals surface area contributed by atoms with Crippen LogP contribution in [-0.2, 0) is 4.79 Å². The zero-order chi connectivity index (χ0) is 21.7. The maximum Gasteiger partial charge on any atom is 0.352 e. The minimum atomic E-state index is -1.15. The molecule has 1 aromatic rings. The van der Waals surface area contributed by atoms with Gasteiger partial charge in [-0.15, -0.1) is 0 Å². The minimum absolute atomic E-state index is 0.0381. The van der Waals surface area contributed by atoms with Crippen LogP contribution in [-0.4, -0.2) is 65.8 Å². The first-order valence-corrected chi connectivity index (χ1v) is 9.81. The van der Waals surface area contributed by atoms with E-state index in [1.807, 2.05) is 18.7 Å². The molecule has 1 aliphatic rings. The van der Waals surface area contributed by atoms with Crippen molar-refractivity contribution in [1.29, 1.82) is 0 Å². The van der Waals surface area contributed by atoms with E-state index in [1.54, 1.807) is 32.4 Å². The monoisotopic (exact) mass is 401 g/mol. The van der Waals surface area contributed by atoms with Crippen LogP contribution >= 0.6 is 0 Å². The molecule has 158 valence electrons. The summed E-state index contributed by atoms with van der Waals surface area (Å²) in [5.74, 6) is -0.271. The van der Waals surface area contributed by atoms with E-state index < -0.39 is 5.97 Å². The summed E-state index contributed by atoms with van der Waals surface area (Å²) in [5.41, 5.74) is 7.57. The van der Waals surface area contributed by atoms with Crippen molar-refractivity contribution in [2.45, 2.75) is 39.7 Å². The lowest BCUT2D eigenvalue weighted by Crippen LogP contribution is -2.36. The highest BCUT2D eigenvalue weighted by Crippen LogP contribution is 2.24. The number of aliphatic carboxylic acids is 1. The van der Waals surface area contributed by atoms with E-state index in [0.29, 0.717) is 42.4 Å². The van der Waals surface area contributed by atoms with E-state index in [4.69, 9.17) is 5.73 Å². The number of pyridine rings is 1. The summed E-state index contributed by atoms with van der Waals surface area (Å²) in [7, 11) is 3.38. The molecule has 0 radical (unpaired) electrons. The molecule has 8 heteroatoms. The number of aromatic nitrogens is 1. The molecule has 29 heavy (non-hydrogen) atoms. The molecule has 0 bridgehead atoms. The predicted octanol–water partition coefficient (Wildman–Crippen LogP) is 2.17. The van der Waals surface area contributed by atoms with Gasteiger partial charge in [0.15, 0.2) is 0 Å². The molecule has 0 spiro atoms. The highest BCUT2D eigenvalue weighted by atomic mass is 16.4. The molecule has 1 aromatic heterocycles. The van der Waals surface area contributed by atoms with Crippen molar-refractivity contribution < 1.29 is 14.7 Å². The standard InChI is InChI=1S/C21H31N5O3/c1-13(2)24-17-10-14(3)8-9-26(12-16(17)19(22)21(28)29)18-7-6-15(11-23-18)20(27)25(4)5/h6-7,11,13-14H,8-10,12,22H2,1-5H3,(H,28,29)/b19-16-,24-17?. The first-order chi connectivity index (χ1) is 13.6. The fraction of sp³-hybridized carbons (Fsp3) is 0.524. The van der Waals surface area contributed by atoms with E-state index in [9.17, 15) is 14.7 Å². The van der Waals surface area contributed by atoms with Gasteiger partial charge in [0.1, 0.15) is 11.5 Å². The van der Waals surface area contributed by atoms with Crippen molar-refractivity contribution in [3.63, 3.8) is 0 Å². The number of aliphatic imine (C=N–C) groups is 1. The number of amides is 1. The minimum Gasteiger partial charge on any atom is -0.477 e. The Labute approximate surface area is 172 Å². The molecule has 1 saturated heterocycles. The summed E-state index contributed by atoms with van der Waals surface area (Å²) in [5, 5.41) is 9.51. The Morgan fingerprint density at radius 1 is 1.34 bits per heavy atom. The van der Waals surface area contributed by atoms with Crippen molar-refractivity contribution in [2.75, 3.05) is 32.1 Å². The van der Waals surface area contributed by atoms with Gasteiger partial charge in [-0.2, -0.15) is 0 Å². The third-order valence-electron chi connectivity index (χ3n) is 4.83. The fourth-order valence-corrected chi connectivity index (χ4v) is 3.26. The Bertz CT molecular complexity index is 812. The van der Waals surface area contributed by atoms with Crippen LogP contribution in [0.4, 0.5) is 5.82 Å². The first-order valence-electron chi connectivity index (χ1n) is 9.81. The lowest BCUT2D eigenvalue weighted by molar-refractivity contribution is -0.132. The van der Waals surface area contributed by atoms with Crippen LogP contribution in [0.3, 0.4) is 0 Å². The van der Waals surface area contributed by atoms with Gasteiger partial charge in [0.05, 0.1) is 5.56 Å². The molecule has 1 aliphatic heterocycles. The van der Waals surface area contributed by atoms with Crippen molar-refractivity contribution in [3.8, 4) is 0 Å². The van der Waals surface area contributed by atoms with Crippen LogP contribution in [0.1, 0.15) is 44.0 Å². The SMILES string of the molecule is CC1CCN(c2ccc(C(=O)N(C)C)cn2)C/C(=C(/N)C(=O)O)C(=NC(C)C)C1. The fourth-order valence-electron chi connectivity index (χ4n) is 3.26. The van der Waals surface area contributed by atoms with E-state index in [-0.39, 0.29) is 17.6 Å². The second kappa shape index (κ2) is 9.54. The number of nitrogens with two attached hydrogens (primary N) is 1. The molecule has 0 aliphatic carbocycles. The molecule has 1 fully saturated rings. The Hall–Kier alpha value is -2.90. The molecule has 3 N–H and O–H groups in total. The van der Waals surface area contributed by atoms with Crippen LogP contribution in [0.15, 0.2) is 34.6 Å². The second-order valence-corrected chi connectivity index (χ2v) is 7.99. The quantitative estimate of drug-likeness (QED) is 0.748. The number of nitrogens with zero attached hydrogens (tertiary/aromatic N) is 4. The molecule has 0 saturated carbocycles. The normalized spacial score (nSPS) is 21.0. The largest absolute Gasteiger partial charge is 0.477 e. The number of carbonyl (C=O) groups is 2. The molecule has 1 unspecified atom stereocenters. The molecular formula is C21H31N5O3. The molecule has 1 amide bonds. The maximum absolute atomic E-state index is 12.1. The smallest absolute Gasteiger partial charge is 0.352 e. The Kier molecular flexibility index (Phi) is 7.36. The number of carboxylic acids is 1. The highest BCUT2D eigenvalue weighted by molar-refractivity contribution is 6.07. The van der Waals surface area contributed by atoms with E-state index in [0.717, 1.165) is 12.1 Å². The third-order valence-corrected chi connectivity index (χ3v) is 4.83. The lowest BCUT2D eigenvalue weighted by Gasteiger charge is -2.31. The molecular weight excluding hydrogens is 370 g/mol. The van der Waals surface area contributed by atoms with Gasteiger partial charge in [0.2, 0.25) is 0 Å². The Morgan fingerprint density at radius 3 is 2.55 bits per heavy atom. The molecule has 8 nitrogen and oxygen atoms in total. The van der Waals surface area contributed by atoms with E-state index in [2.05, 4.69) is 16.9 Å². The predicted molar refractivity (Wildman–Crippen MR) is 114 cm³/mol. The Morgan fingerprint density at radius 2 is 2.03 bits per heavy atom. The van der Waals surface area contributed by atoms with Gasteiger partial charge in [-0.3, -0.25) is 9.79 Å². The number of rotatable bonds is 4. The first kappa shape index (κ1) is 22.4. The number of hydrogen-bond acceptors (Lipinski definition) is 6. The number of carbonyl (C=O) groups excluding carboxylic acids is 1. The average molecular weight is 402 g/mol. The van der Waals surface area contributed by atoms with E-state index >= 15 is 0 Å². The summed E-state index contributed by atoms with van der Waals surface area (Å²) in [6, 6.07) is 3.56. The van der Waals surface area contributed by atoms with Crippen LogP contribution in [0.2, 0.25) is 0 Å². The Balaban J connectivity index is 2.44. The zero-order valence-corrected chi connectivity index (χ0v) is 17.8. The van der Waals surface area contributed by atoms with E-state index in [1.165, 1.54) is 4.90 Å². The highest BCUT2D eigenvalue weighted by Gasteiger charge is 2.25. The molecule has 2 rings (SSSR count). The average Bonchev–Trinajstić information content (AvgIpc) is 2.65. The van der Waals surface area contributed by atoms with Crippen LogP contribution in [0, 0.1) is 5.92 Å². The van der Waals surface area contributed by atoms with Crippen molar-refractivity contribution >= 4 is 23.4 Å². The van der Waals surface area contributed by atoms with Gasteiger partial charge in [-0.1, -0.05) is 6.92 Å². The summed E-state index contributed by atoms with van der Waals surface area (Å²) in [6.07, 6.45) is 3.16. The maximum atomic E-state index is 12.1. The van der Waals surface area contributed by atoms with Crippen molar-refractivity contribution in [2.24, 2.45) is 16.6 Å². The summed E-state index contributed by atoms with van der Waals surface area (Å²) < 4.78 is 0. The second-order valence-electron chi connectivity index (χ2n) is 7.99. The van der Waals surface area contributed by atoms with Crippen molar-refractivity contribution in [3.05, 3.63) is 35.2 Å². The molecule has 0 aromatic carbocycles. The number of hydrogen-bond donors (Lipinski definition) is 2. The van der Waals surface area contributed by atoms with Gasteiger partial charge >= 0.3 is 5.97 Å². The van der Waals surface area contributed by atoms with Crippen LogP contribution in [0.25, 0.3) is 0 Å². The molecule has 1 atom stereocenters. The number of anilines is 1. The third kappa shape index (κ3) is 5.79. The zero-order valence-electron chi connectivity index (χ0n) is 17.8. The van der Waals surface area contributed by atoms with Gasteiger partial charge in [0.25, 0.3) is 5.91 Å². The van der Waals surface area contributed by atoms with Gasteiger partial charge in [-0.25, -0.2) is 9.78 Å². The summed E-state index contributed by atoms with van der Waals surface area (Å²) >= 11 is 0. The van der Waals surface area contributed by atoms with Crippen molar-refractivity contribution in [1.82, 2.24) is 9.88 Å². The van der Waals surface area contributed by atoms with Gasteiger partial charge < -0.3 is 20.6 Å². The summed E-state index contributed by atoms with van der Waals surface area (Å²) in [6.45, 7) is 7.07. The number of carboxylic acid groups (broad SMARTS) is 1. The molecule has 2 heterocycles. The van der Waals surface area contributed by atoms with Gasteiger partial charge in [-0.05, 0) is 44.7 Å². The lowest BCUT2D eigenvalue weighted by atomic mass is 9.92.